The molecule has 0 saturated carbocycles. The van der Waals surface area contributed by atoms with Crippen LogP contribution in [0.25, 0.3) is 0 Å². The van der Waals surface area contributed by atoms with E-state index in [1.807, 2.05) is 6.92 Å². The second-order valence-electron chi connectivity index (χ2n) is 2.72. The molecule has 1 aromatic rings. The first-order valence-corrected chi connectivity index (χ1v) is 5.16. The second-order valence-corrected chi connectivity index (χ2v) is 4.01. The predicted octanol–water partition coefficient (Wildman–Crippen LogP) is 2.62. The maximum atomic E-state index is 6.08. The number of thiophene rings is 1. The zero-order valence-corrected chi connectivity index (χ0v) is 8.80. The summed E-state index contributed by atoms with van der Waals surface area (Å²) in [6.45, 7) is 4.08. The molecule has 2 nitrogen and oxygen atoms in total. The smallest absolute Gasteiger partial charge is 0.0590 e. The van der Waals surface area contributed by atoms with Gasteiger partial charge in [0.15, 0.2) is 0 Å². The van der Waals surface area contributed by atoms with Crippen molar-refractivity contribution in [1.29, 1.82) is 0 Å². The molecule has 0 aliphatic heterocycles. The van der Waals surface area contributed by atoms with Gasteiger partial charge in [0.1, 0.15) is 0 Å². The number of rotatable bonds is 3. The van der Waals surface area contributed by atoms with E-state index in [-0.39, 0.29) is 6.04 Å². The zero-order valence-electron chi connectivity index (χ0n) is 7.23. The third-order valence-electron chi connectivity index (χ3n) is 1.85. The second kappa shape index (κ2) is 4.23. The summed E-state index contributed by atoms with van der Waals surface area (Å²) in [5, 5.41) is 2.90. The Morgan fingerprint density at radius 2 is 2.42 bits per heavy atom. The standard InChI is InChI=1S/C8H13ClN2S/c1-3-6(11-10)8-7(9)5(2)4-12-8/h4,6,11H,3,10H2,1-2H3. The van der Waals surface area contributed by atoms with Gasteiger partial charge in [0.25, 0.3) is 0 Å². The largest absolute Gasteiger partial charge is 0.271 e. The van der Waals surface area contributed by atoms with Gasteiger partial charge in [-0.3, -0.25) is 11.3 Å². The highest BCUT2D eigenvalue weighted by Crippen LogP contribution is 2.33. The Bertz CT molecular complexity index is 256. The summed E-state index contributed by atoms with van der Waals surface area (Å²) < 4.78 is 0. The van der Waals surface area contributed by atoms with Gasteiger partial charge in [-0.05, 0) is 24.3 Å². The van der Waals surface area contributed by atoms with Crippen molar-refractivity contribution in [3.63, 3.8) is 0 Å². The Morgan fingerprint density at radius 3 is 2.75 bits per heavy atom. The van der Waals surface area contributed by atoms with Gasteiger partial charge in [-0.25, -0.2) is 0 Å². The lowest BCUT2D eigenvalue weighted by molar-refractivity contribution is 0.547. The topological polar surface area (TPSA) is 38.0 Å². The molecule has 3 N–H and O–H groups in total. The molecule has 12 heavy (non-hydrogen) atoms. The normalized spacial score (nSPS) is 13.3. The molecule has 0 amide bonds. The van der Waals surface area contributed by atoms with Gasteiger partial charge in [-0.1, -0.05) is 18.5 Å². The average Bonchev–Trinajstić information content (AvgIpc) is 2.38. The number of hydrazine groups is 1. The van der Waals surface area contributed by atoms with Crippen molar-refractivity contribution in [1.82, 2.24) is 5.43 Å². The maximum Gasteiger partial charge on any atom is 0.0590 e. The van der Waals surface area contributed by atoms with Crippen LogP contribution in [0, 0.1) is 6.92 Å². The predicted molar refractivity (Wildman–Crippen MR) is 54.4 cm³/mol. The van der Waals surface area contributed by atoms with E-state index in [1.165, 1.54) is 0 Å². The minimum absolute atomic E-state index is 0.191. The van der Waals surface area contributed by atoms with E-state index in [0.717, 1.165) is 21.9 Å². The first-order valence-electron chi connectivity index (χ1n) is 3.90. The lowest BCUT2D eigenvalue weighted by atomic mass is 10.2. The summed E-state index contributed by atoms with van der Waals surface area (Å²) in [5.74, 6) is 5.39. The van der Waals surface area contributed by atoms with Gasteiger partial charge < -0.3 is 0 Å². The van der Waals surface area contributed by atoms with Gasteiger partial charge in [0, 0.05) is 4.88 Å². The van der Waals surface area contributed by atoms with Crippen LogP contribution in [0.4, 0.5) is 0 Å². The Labute approximate surface area is 81.7 Å². The van der Waals surface area contributed by atoms with Crippen molar-refractivity contribution in [2.24, 2.45) is 5.84 Å². The summed E-state index contributed by atoms with van der Waals surface area (Å²) in [7, 11) is 0. The van der Waals surface area contributed by atoms with Crippen molar-refractivity contribution < 1.29 is 0 Å². The molecular weight excluding hydrogens is 192 g/mol. The first kappa shape index (κ1) is 9.99. The highest BCUT2D eigenvalue weighted by molar-refractivity contribution is 7.10. The van der Waals surface area contributed by atoms with Crippen LogP contribution in [0.1, 0.15) is 29.8 Å². The molecule has 1 atom stereocenters. The van der Waals surface area contributed by atoms with E-state index in [0.29, 0.717) is 0 Å². The van der Waals surface area contributed by atoms with Crippen LogP contribution < -0.4 is 11.3 Å². The van der Waals surface area contributed by atoms with E-state index in [4.69, 9.17) is 17.4 Å². The van der Waals surface area contributed by atoms with Crippen LogP contribution in [0.15, 0.2) is 5.38 Å². The van der Waals surface area contributed by atoms with Gasteiger partial charge >= 0.3 is 0 Å². The minimum Gasteiger partial charge on any atom is -0.271 e. The van der Waals surface area contributed by atoms with Crippen LogP contribution in [0.2, 0.25) is 5.02 Å². The molecule has 0 aliphatic carbocycles. The number of halogens is 1. The Balaban J connectivity index is 2.93. The number of nitrogens with two attached hydrogens (primary N) is 1. The fourth-order valence-corrected chi connectivity index (χ4v) is 2.53. The van der Waals surface area contributed by atoms with Crippen molar-refractivity contribution in [3.05, 3.63) is 20.8 Å². The number of nitrogens with one attached hydrogen (secondary N) is 1. The SMILES string of the molecule is CCC(NN)c1scc(C)c1Cl. The summed E-state index contributed by atoms with van der Waals surface area (Å²) in [6, 6.07) is 0.191. The zero-order chi connectivity index (χ0) is 9.14. The van der Waals surface area contributed by atoms with Crippen molar-refractivity contribution in [2.45, 2.75) is 26.3 Å². The number of hydrogen-bond acceptors (Lipinski definition) is 3. The monoisotopic (exact) mass is 204 g/mol. The van der Waals surface area contributed by atoms with Crippen LogP contribution in [-0.2, 0) is 0 Å². The third-order valence-corrected chi connectivity index (χ3v) is 3.68. The van der Waals surface area contributed by atoms with E-state index >= 15 is 0 Å². The van der Waals surface area contributed by atoms with Crippen LogP contribution in [-0.4, -0.2) is 0 Å². The van der Waals surface area contributed by atoms with Crippen molar-refractivity contribution >= 4 is 22.9 Å². The lowest BCUT2D eigenvalue weighted by Crippen LogP contribution is -2.26. The van der Waals surface area contributed by atoms with Crippen molar-refractivity contribution in [3.8, 4) is 0 Å². The molecule has 1 rings (SSSR count). The molecular formula is C8H13ClN2S. The van der Waals surface area contributed by atoms with E-state index in [9.17, 15) is 0 Å². The summed E-state index contributed by atoms with van der Waals surface area (Å²) in [5.41, 5.74) is 3.88. The molecule has 1 unspecified atom stereocenters. The highest BCUT2D eigenvalue weighted by Gasteiger charge is 2.14. The molecule has 68 valence electrons. The molecule has 4 heteroatoms. The average molecular weight is 205 g/mol. The number of hydrogen-bond donors (Lipinski definition) is 2. The number of aryl methyl sites for hydroxylation is 1. The fraction of sp³-hybridized carbons (Fsp3) is 0.500. The molecule has 0 bridgehead atoms. The summed E-state index contributed by atoms with van der Waals surface area (Å²) in [6.07, 6.45) is 0.955. The van der Waals surface area contributed by atoms with E-state index in [2.05, 4.69) is 17.7 Å². The Hall–Kier alpha value is -0.0900. The van der Waals surface area contributed by atoms with Crippen LogP contribution in [0.5, 0.6) is 0 Å². The summed E-state index contributed by atoms with van der Waals surface area (Å²) >= 11 is 7.73. The molecule has 1 aromatic heterocycles. The molecule has 0 spiro atoms. The molecule has 0 aliphatic rings. The van der Waals surface area contributed by atoms with Gasteiger partial charge in [-0.2, -0.15) is 0 Å². The van der Waals surface area contributed by atoms with Crippen LogP contribution >= 0.6 is 22.9 Å². The van der Waals surface area contributed by atoms with Crippen molar-refractivity contribution in [2.75, 3.05) is 0 Å². The fourth-order valence-electron chi connectivity index (χ4n) is 1.06. The van der Waals surface area contributed by atoms with E-state index in [1.54, 1.807) is 11.3 Å². The maximum absolute atomic E-state index is 6.08. The Morgan fingerprint density at radius 1 is 1.75 bits per heavy atom. The van der Waals surface area contributed by atoms with E-state index < -0.39 is 0 Å². The van der Waals surface area contributed by atoms with Crippen LogP contribution in [0.3, 0.4) is 0 Å². The quantitative estimate of drug-likeness (QED) is 0.587. The molecule has 0 aromatic carbocycles. The van der Waals surface area contributed by atoms with Gasteiger partial charge in [-0.15, -0.1) is 11.3 Å². The lowest BCUT2D eigenvalue weighted by Gasteiger charge is -2.11. The minimum atomic E-state index is 0.191. The molecule has 0 saturated heterocycles. The van der Waals surface area contributed by atoms with Gasteiger partial charge in [0.05, 0.1) is 11.1 Å². The summed E-state index contributed by atoms with van der Waals surface area (Å²) in [4.78, 5) is 1.14. The molecule has 0 fully saturated rings. The van der Waals surface area contributed by atoms with Gasteiger partial charge in [0.2, 0.25) is 0 Å². The molecule has 0 radical (unpaired) electrons. The Kier molecular flexibility index (Phi) is 3.53. The molecule has 1 heterocycles. The third kappa shape index (κ3) is 1.80. The highest BCUT2D eigenvalue weighted by atomic mass is 35.5. The first-order chi connectivity index (χ1) is 5.70.